The first-order valence-corrected chi connectivity index (χ1v) is 9.28. The van der Waals surface area contributed by atoms with Crippen LogP contribution in [0.2, 0.25) is 0 Å². The van der Waals surface area contributed by atoms with Crippen LogP contribution in [0.1, 0.15) is 19.3 Å². The predicted octanol–water partition coefficient (Wildman–Crippen LogP) is 0.109. The first kappa shape index (κ1) is 17.6. The number of hydrogen-bond acceptors (Lipinski definition) is 7. The van der Waals surface area contributed by atoms with Gasteiger partial charge in [-0.05, 0) is 17.9 Å². The van der Waals surface area contributed by atoms with Crippen LogP contribution in [0.25, 0.3) is 0 Å². The Hall–Kier alpha value is -1.78. The highest BCUT2D eigenvalue weighted by atomic mass is 32.2. The van der Waals surface area contributed by atoms with Gasteiger partial charge in [-0.25, -0.2) is 13.1 Å². The Morgan fingerprint density at radius 2 is 2.17 bits per heavy atom. The molecule has 1 saturated heterocycles. The van der Waals surface area contributed by atoms with Crippen LogP contribution in [0.4, 0.5) is 0 Å². The number of likely N-dealkylation sites (tertiary alicyclic amines) is 1. The van der Waals surface area contributed by atoms with Crippen molar-refractivity contribution in [3.63, 3.8) is 0 Å². The average Bonchev–Trinajstić information content (AvgIpc) is 3.16. The number of thiophene rings is 1. The molecule has 2 amide bonds. The number of carbonyl (C=O) groups excluding carboxylic acids is 3. The fourth-order valence-corrected chi connectivity index (χ4v) is 4.05. The van der Waals surface area contributed by atoms with E-state index >= 15 is 0 Å². The second-order valence-electron chi connectivity index (χ2n) is 4.78. The Morgan fingerprint density at radius 3 is 2.78 bits per heavy atom. The highest BCUT2D eigenvalue weighted by Crippen LogP contribution is 2.15. The largest absolute Gasteiger partial charge is 0.456 e. The maximum Gasteiger partial charge on any atom is 0.307 e. The molecule has 2 rings (SSSR count). The molecule has 0 radical (unpaired) electrons. The molecule has 23 heavy (non-hydrogen) atoms. The lowest BCUT2D eigenvalue weighted by atomic mass is 10.4. The number of carbonyl (C=O) groups is 3. The van der Waals surface area contributed by atoms with Crippen molar-refractivity contribution in [2.75, 3.05) is 19.7 Å². The highest BCUT2D eigenvalue weighted by Gasteiger charge is 2.27. The van der Waals surface area contributed by atoms with Crippen molar-refractivity contribution in [2.45, 2.75) is 23.5 Å². The first-order chi connectivity index (χ1) is 10.9. The smallest absolute Gasteiger partial charge is 0.307 e. The van der Waals surface area contributed by atoms with Gasteiger partial charge in [0.2, 0.25) is 15.9 Å². The number of hydrogen-bond donors (Lipinski definition) is 1. The monoisotopic (exact) mass is 360 g/mol. The van der Waals surface area contributed by atoms with E-state index in [2.05, 4.69) is 4.72 Å². The van der Waals surface area contributed by atoms with Crippen LogP contribution in [0, 0.1) is 0 Å². The number of nitrogens with one attached hydrogen (secondary N) is 1. The van der Waals surface area contributed by atoms with E-state index < -0.39 is 28.5 Å². The normalized spacial score (nSPS) is 15.0. The molecule has 0 unspecified atom stereocenters. The molecular formula is C13H16N2O6S2. The third-order valence-electron chi connectivity index (χ3n) is 3.11. The van der Waals surface area contributed by atoms with Gasteiger partial charge in [-0.1, -0.05) is 6.07 Å². The van der Waals surface area contributed by atoms with Crippen molar-refractivity contribution in [2.24, 2.45) is 0 Å². The molecule has 0 saturated carbocycles. The van der Waals surface area contributed by atoms with E-state index in [9.17, 15) is 22.8 Å². The zero-order valence-corrected chi connectivity index (χ0v) is 13.8. The zero-order valence-electron chi connectivity index (χ0n) is 12.2. The van der Waals surface area contributed by atoms with Gasteiger partial charge < -0.3 is 4.74 Å². The summed E-state index contributed by atoms with van der Waals surface area (Å²) in [4.78, 5) is 35.6. The number of rotatable bonds is 7. The molecule has 0 aromatic carbocycles. The van der Waals surface area contributed by atoms with E-state index in [-0.39, 0.29) is 23.1 Å². The minimum Gasteiger partial charge on any atom is -0.456 e. The molecule has 0 bridgehead atoms. The summed E-state index contributed by atoms with van der Waals surface area (Å²) in [5.74, 6) is -1.53. The Bertz CT molecular complexity index is 683. The highest BCUT2D eigenvalue weighted by molar-refractivity contribution is 7.91. The van der Waals surface area contributed by atoms with Crippen molar-refractivity contribution >= 4 is 39.1 Å². The van der Waals surface area contributed by atoms with Gasteiger partial charge in [0.25, 0.3) is 5.91 Å². The Labute approximate surface area is 137 Å². The fourth-order valence-electron chi connectivity index (χ4n) is 1.98. The molecule has 1 aromatic rings. The van der Waals surface area contributed by atoms with Crippen molar-refractivity contribution in [3.8, 4) is 0 Å². The van der Waals surface area contributed by atoms with Crippen molar-refractivity contribution in [1.29, 1.82) is 0 Å². The van der Waals surface area contributed by atoms with Crippen LogP contribution >= 0.6 is 11.3 Å². The molecule has 1 N–H and O–H groups in total. The minimum absolute atomic E-state index is 0.129. The lowest BCUT2D eigenvalue weighted by molar-refractivity contribution is -0.154. The van der Waals surface area contributed by atoms with Gasteiger partial charge in [0.1, 0.15) is 4.21 Å². The molecule has 10 heteroatoms. The van der Waals surface area contributed by atoms with Gasteiger partial charge >= 0.3 is 5.97 Å². The van der Waals surface area contributed by atoms with Crippen LogP contribution < -0.4 is 4.72 Å². The second kappa shape index (κ2) is 7.66. The van der Waals surface area contributed by atoms with Crippen molar-refractivity contribution in [3.05, 3.63) is 17.5 Å². The zero-order chi connectivity index (χ0) is 16.9. The summed E-state index contributed by atoms with van der Waals surface area (Å²) < 4.78 is 30.8. The summed E-state index contributed by atoms with van der Waals surface area (Å²) in [6.45, 7) is -0.298. The van der Waals surface area contributed by atoms with Crippen LogP contribution in [0.5, 0.6) is 0 Å². The average molecular weight is 360 g/mol. The van der Waals surface area contributed by atoms with Gasteiger partial charge in [0.15, 0.2) is 6.61 Å². The van der Waals surface area contributed by atoms with Gasteiger partial charge in [-0.2, -0.15) is 0 Å². The van der Waals surface area contributed by atoms with E-state index in [0.717, 1.165) is 16.2 Å². The maximum absolute atomic E-state index is 11.8. The third kappa shape index (κ3) is 4.85. The number of sulfonamides is 1. The summed E-state index contributed by atoms with van der Waals surface area (Å²) >= 11 is 1.07. The molecule has 1 fully saturated rings. The molecule has 2 heterocycles. The molecule has 0 spiro atoms. The number of amides is 2. The van der Waals surface area contributed by atoms with Gasteiger partial charge in [-0.3, -0.25) is 19.3 Å². The summed E-state index contributed by atoms with van der Waals surface area (Å²) in [6.07, 6.45) is 0.735. The lowest BCUT2D eigenvalue weighted by Crippen LogP contribution is -2.35. The molecule has 0 aliphatic carbocycles. The Kier molecular flexibility index (Phi) is 5.85. The maximum atomic E-state index is 11.8. The Balaban J connectivity index is 1.69. The topological polar surface area (TPSA) is 110 Å². The number of ether oxygens (including phenoxy) is 1. The summed E-state index contributed by atoms with van der Waals surface area (Å²) in [5, 5.41) is 1.63. The number of imide groups is 1. The minimum atomic E-state index is -3.62. The quantitative estimate of drug-likeness (QED) is 0.691. The standard InChI is InChI=1S/C13H16N2O6S2/c16-10-3-1-7-15(10)11(17)9-21-12(18)5-6-14-23(19,20)13-4-2-8-22-13/h2,4,8,14H,1,3,5-7,9H2. The molecule has 126 valence electrons. The molecular weight excluding hydrogens is 344 g/mol. The third-order valence-corrected chi connectivity index (χ3v) is 5.97. The van der Waals surface area contributed by atoms with Crippen LogP contribution in [0.3, 0.4) is 0 Å². The fraction of sp³-hybridized carbons (Fsp3) is 0.462. The van der Waals surface area contributed by atoms with Crippen molar-refractivity contribution < 1.29 is 27.5 Å². The van der Waals surface area contributed by atoms with E-state index in [1.807, 2.05) is 0 Å². The lowest BCUT2D eigenvalue weighted by Gasteiger charge is -2.13. The van der Waals surface area contributed by atoms with Gasteiger partial charge in [-0.15, -0.1) is 11.3 Å². The molecule has 1 aromatic heterocycles. The number of nitrogens with zero attached hydrogens (tertiary/aromatic N) is 1. The molecule has 1 aliphatic rings. The van der Waals surface area contributed by atoms with Crippen LogP contribution in [-0.2, 0) is 29.1 Å². The summed E-state index contributed by atoms with van der Waals surface area (Å²) in [6, 6.07) is 3.07. The van der Waals surface area contributed by atoms with Gasteiger partial charge in [0.05, 0.1) is 6.42 Å². The molecule has 0 atom stereocenters. The molecule has 8 nitrogen and oxygen atoms in total. The van der Waals surface area contributed by atoms with E-state index in [0.29, 0.717) is 19.4 Å². The second-order valence-corrected chi connectivity index (χ2v) is 7.72. The van der Waals surface area contributed by atoms with E-state index in [1.54, 1.807) is 11.4 Å². The Morgan fingerprint density at radius 1 is 1.39 bits per heavy atom. The van der Waals surface area contributed by atoms with Gasteiger partial charge in [0, 0.05) is 19.5 Å². The SMILES string of the molecule is O=C(CCNS(=O)(=O)c1cccs1)OCC(=O)N1CCCC1=O. The van der Waals surface area contributed by atoms with Crippen molar-refractivity contribution in [1.82, 2.24) is 9.62 Å². The summed E-state index contributed by atoms with van der Waals surface area (Å²) in [7, 11) is -3.62. The van der Waals surface area contributed by atoms with E-state index in [1.165, 1.54) is 6.07 Å². The number of esters is 1. The predicted molar refractivity (Wildman–Crippen MR) is 81.0 cm³/mol. The summed E-state index contributed by atoms with van der Waals surface area (Å²) in [5.41, 5.74) is 0. The first-order valence-electron chi connectivity index (χ1n) is 6.92. The van der Waals surface area contributed by atoms with Crippen LogP contribution in [0.15, 0.2) is 21.7 Å². The van der Waals surface area contributed by atoms with Crippen LogP contribution in [-0.4, -0.2) is 50.8 Å². The van der Waals surface area contributed by atoms with E-state index in [4.69, 9.17) is 4.74 Å². The molecule has 1 aliphatic heterocycles.